The van der Waals surface area contributed by atoms with Crippen molar-refractivity contribution in [2.75, 3.05) is 18.0 Å². The van der Waals surface area contributed by atoms with Gasteiger partial charge < -0.3 is 14.8 Å². The molecule has 0 radical (unpaired) electrons. The van der Waals surface area contributed by atoms with Crippen LogP contribution in [-0.2, 0) is 9.59 Å². The number of carboxylic acid groups (broad SMARTS) is 1. The molecule has 124 valence electrons. The summed E-state index contributed by atoms with van der Waals surface area (Å²) in [5.41, 5.74) is 0.826. The van der Waals surface area contributed by atoms with Gasteiger partial charge in [0.25, 0.3) is 5.91 Å². The number of likely N-dealkylation sites (N-methyl/N-ethyl adjacent to an activating group) is 1. The highest BCUT2D eigenvalue weighted by molar-refractivity contribution is 8.26. The Morgan fingerprint density at radius 2 is 2.00 bits per heavy atom. The first-order valence-electron chi connectivity index (χ1n) is 7.21. The lowest BCUT2D eigenvalue weighted by Crippen LogP contribution is -2.36. The largest absolute Gasteiger partial charge is 0.548 e. The molecule has 2 aliphatic rings. The van der Waals surface area contributed by atoms with E-state index in [1.165, 1.54) is 23.5 Å². The van der Waals surface area contributed by atoms with Crippen molar-refractivity contribution in [3.8, 4) is 0 Å². The van der Waals surface area contributed by atoms with Crippen LogP contribution < -0.4 is 10.0 Å². The summed E-state index contributed by atoms with van der Waals surface area (Å²) < 4.78 is 0.543. The molecule has 1 aromatic rings. The van der Waals surface area contributed by atoms with Gasteiger partial charge in [-0.2, -0.15) is 0 Å². The predicted molar refractivity (Wildman–Crippen MR) is 98.4 cm³/mol. The van der Waals surface area contributed by atoms with E-state index in [1.54, 1.807) is 22.0 Å². The molecular weight excluding hydrogens is 364 g/mol. The van der Waals surface area contributed by atoms with Crippen molar-refractivity contribution in [3.63, 3.8) is 0 Å². The molecule has 5 nitrogen and oxygen atoms in total. The van der Waals surface area contributed by atoms with Gasteiger partial charge in [0.05, 0.1) is 28.1 Å². The van der Waals surface area contributed by atoms with E-state index in [0.29, 0.717) is 15.8 Å². The number of allylic oxidation sites excluding steroid dienone is 2. The quantitative estimate of drug-likeness (QED) is 0.587. The third-order valence-electron chi connectivity index (χ3n) is 3.49. The number of carbonyl (C=O) groups excluding carboxylic acids is 2. The summed E-state index contributed by atoms with van der Waals surface area (Å²) in [6.07, 6.45) is 3.46. The van der Waals surface area contributed by atoms with E-state index in [9.17, 15) is 14.7 Å². The van der Waals surface area contributed by atoms with Crippen molar-refractivity contribution in [1.82, 2.24) is 4.90 Å². The Morgan fingerprint density at radius 1 is 1.25 bits per heavy atom. The van der Waals surface area contributed by atoms with E-state index >= 15 is 0 Å². The van der Waals surface area contributed by atoms with Gasteiger partial charge in [-0.3, -0.25) is 9.69 Å². The monoisotopic (exact) mass is 377 g/mol. The van der Waals surface area contributed by atoms with Crippen molar-refractivity contribution in [2.45, 2.75) is 11.8 Å². The van der Waals surface area contributed by atoms with Crippen molar-refractivity contribution in [1.29, 1.82) is 0 Å². The van der Waals surface area contributed by atoms with Crippen molar-refractivity contribution >= 4 is 57.6 Å². The number of carboxylic acids is 1. The molecule has 1 aromatic carbocycles. The molecule has 2 heterocycles. The molecule has 2 aliphatic heterocycles. The molecule has 0 saturated carbocycles. The molecule has 1 fully saturated rings. The van der Waals surface area contributed by atoms with Crippen molar-refractivity contribution in [2.24, 2.45) is 0 Å². The Balaban J connectivity index is 1.90. The van der Waals surface area contributed by atoms with Crippen LogP contribution in [-0.4, -0.2) is 34.2 Å². The fourth-order valence-electron chi connectivity index (χ4n) is 2.40. The number of rotatable bonds is 4. The Kier molecular flexibility index (Phi) is 4.98. The molecule has 0 aliphatic carbocycles. The summed E-state index contributed by atoms with van der Waals surface area (Å²) in [5, 5.41) is 11.8. The second-order valence-electron chi connectivity index (χ2n) is 4.98. The fraction of sp³-hybridized carbons (Fsp3) is 0.188. The van der Waals surface area contributed by atoms with E-state index in [4.69, 9.17) is 12.2 Å². The Bertz CT molecular complexity index is 789. The molecule has 0 spiro atoms. The van der Waals surface area contributed by atoms with Gasteiger partial charge in [-0.1, -0.05) is 47.9 Å². The first-order chi connectivity index (χ1) is 11.5. The molecule has 0 N–H and O–H groups in total. The van der Waals surface area contributed by atoms with Crippen LogP contribution in [0, 0.1) is 0 Å². The minimum absolute atomic E-state index is 0.115. The van der Waals surface area contributed by atoms with Gasteiger partial charge in [-0.05, 0) is 31.2 Å². The number of aliphatic carboxylic acids is 1. The summed E-state index contributed by atoms with van der Waals surface area (Å²) in [7, 11) is 0. The molecule has 8 heteroatoms. The first kappa shape index (κ1) is 17.1. The van der Waals surface area contributed by atoms with Gasteiger partial charge in [-0.15, -0.1) is 0 Å². The van der Waals surface area contributed by atoms with E-state index < -0.39 is 5.97 Å². The molecule has 1 amide bonds. The highest BCUT2D eigenvalue weighted by Crippen LogP contribution is 2.45. The van der Waals surface area contributed by atoms with E-state index in [0.717, 1.165) is 15.6 Å². The second kappa shape index (κ2) is 7.00. The summed E-state index contributed by atoms with van der Waals surface area (Å²) >= 11 is 7.90. The fourth-order valence-corrected chi connectivity index (χ4v) is 4.79. The van der Waals surface area contributed by atoms with Gasteiger partial charge >= 0.3 is 0 Å². The second-order valence-corrected chi connectivity index (χ2v) is 7.72. The number of hydrogen-bond donors (Lipinski definition) is 0. The maximum absolute atomic E-state index is 12.2. The Morgan fingerprint density at radius 3 is 2.67 bits per heavy atom. The number of thiocarbonyl (C=S) groups is 1. The van der Waals surface area contributed by atoms with Crippen LogP contribution >= 0.6 is 35.7 Å². The van der Waals surface area contributed by atoms with Gasteiger partial charge in [0.1, 0.15) is 4.32 Å². The minimum Gasteiger partial charge on any atom is -0.548 e. The number of anilines is 1. The third-order valence-corrected chi connectivity index (χ3v) is 6.02. The topological polar surface area (TPSA) is 63.7 Å². The van der Waals surface area contributed by atoms with Crippen LogP contribution in [0.15, 0.2) is 51.2 Å². The van der Waals surface area contributed by atoms with Crippen LogP contribution in [0.25, 0.3) is 0 Å². The SMILES string of the molecule is CCN1C(=O)/C(=C\C=C2/Sc3ccccc3N2CC(=O)[O-])SC1=S. The summed E-state index contributed by atoms with van der Waals surface area (Å²) in [6.45, 7) is 2.17. The van der Waals surface area contributed by atoms with Crippen LogP contribution in [0.5, 0.6) is 0 Å². The third kappa shape index (κ3) is 3.22. The van der Waals surface area contributed by atoms with Crippen LogP contribution in [0.1, 0.15) is 6.92 Å². The molecule has 0 aromatic heterocycles. The number of para-hydroxylation sites is 1. The molecule has 24 heavy (non-hydrogen) atoms. The summed E-state index contributed by atoms with van der Waals surface area (Å²) in [6, 6.07) is 7.55. The predicted octanol–water partition coefficient (Wildman–Crippen LogP) is 1.95. The number of thioether (sulfide) groups is 2. The molecule has 0 unspecified atom stereocenters. The highest BCUT2D eigenvalue weighted by atomic mass is 32.2. The zero-order valence-corrected chi connectivity index (χ0v) is 15.2. The molecule has 1 saturated heterocycles. The summed E-state index contributed by atoms with van der Waals surface area (Å²) in [5.74, 6) is -1.27. The lowest BCUT2D eigenvalue weighted by atomic mass is 10.3. The lowest BCUT2D eigenvalue weighted by Gasteiger charge is -2.20. The maximum atomic E-state index is 12.2. The van der Waals surface area contributed by atoms with Crippen molar-refractivity contribution < 1.29 is 14.7 Å². The van der Waals surface area contributed by atoms with Gasteiger partial charge in [0.15, 0.2) is 0 Å². The van der Waals surface area contributed by atoms with E-state index in [1.807, 2.05) is 31.2 Å². The Labute approximate surface area is 153 Å². The number of benzene rings is 1. The summed E-state index contributed by atoms with van der Waals surface area (Å²) in [4.78, 5) is 28.0. The van der Waals surface area contributed by atoms with E-state index in [2.05, 4.69) is 0 Å². The van der Waals surface area contributed by atoms with Gasteiger partial charge in [-0.25, -0.2) is 0 Å². The zero-order chi connectivity index (χ0) is 17.3. The number of nitrogens with zero attached hydrogens (tertiary/aromatic N) is 2. The molecule has 3 rings (SSSR count). The highest BCUT2D eigenvalue weighted by Gasteiger charge is 2.30. The smallest absolute Gasteiger partial charge is 0.266 e. The van der Waals surface area contributed by atoms with Crippen LogP contribution in [0.2, 0.25) is 0 Å². The van der Waals surface area contributed by atoms with Crippen LogP contribution in [0.4, 0.5) is 5.69 Å². The van der Waals surface area contributed by atoms with E-state index in [-0.39, 0.29) is 12.5 Å². The average molecular weight is 377 g/mol. The standard InChI is InChI=1S/C16H14N2O3S3/c1-2-17-15(21)12(24-16(17)22)7-8-13-18(9-14(19)20)10-5-3-4-6-11(10)23-13/h3-8H,2,9H2,1H3,(H,19,20)/p-1/b12-7+,13-8-. The number of amides is 1. The zero-order valence-electron chi connectivity index (χ0n) is 12.7. The lowest BCUT2D eigenvalue weighted by molar-refractivity contribution is -0.303. The van der Waals surface area contributed by atoms with Gasteiger partial charge in [0.2, 0.25) is 0 Å². The molecule has 0 atom stereocenters. The normalized spacial score (nSPS) is 20.4. The molecule has 0 bridgehead atoms. The molecular formula is C16H13N2O3S3-. The minimum atomic E-state index is -1.16. The number of carbonyl (C=O) groups is 2. The average Bonchev–Trinajstić information content (AvgIpc) is 3.02. The first-order valence-corrected chi connectivity index (χ1v) is 9.25. The van der Waals surface area contributed by atoms with Crippen molar-refractivity contribution in [3.05, 3.63) is 46.4 Å². The number of hydrogen-bond acceptors (Lipinski definition) is 7. The number of fused-ring (bicyclic) bond motifs is 1. The van der Waals surface area contributed by atoms with Crippen LogP contribution in [0.3, 0.4) is 0 Å². The van der Waals surface area contributed by atoms with Gasteiger partial charge in [0, 0.05) is 11.4 Å². The Hall–Kier alpha value is -1.77. The maximum Gasteiger partial charge on any atom is 0.266 e.